The van der Waals surface area contributed by atoms with Crippen molar-refractivity contribution >= 4 is 34.0 Å². The normalized spacial score (nSPS) is 22.9. The van der Waals surface area contributed by atoms with Crippen molar-refractivity contribution in [3.8, 4) is 0 Å². The molecule has 1 aliphatic carbocycles. The second kappa shape index (κ2) is 12.3. The summed E-state index contributed by atoms with van der Waals surface area (Å²) in [6.45, 7) is 2.59. The van der Waals surface area contributed by atoms with Gasteiger partial charge in [-0.15, -0.1) is 0 Å². The van der Waals surface area contributed by atoms with E-state index in [9.17, 15) is 36.4 Å². The standard InChI is InChI=1S/C22H32F2O11S/c1-3-4-10-21(11-6-5-7-12-21)35-20(28)16-13-15(19(27)34-16)33-18(26)9-8-17(25)32-14(2)22(23,24)36(29,30)31/h14-16H,3-13H2,1-2H3,(H,29,30,31). The Morgan fingerprint density at radius 1 is 1.17 bits per heavy atom. The highest BCUT2D eigenvalue weighted by Gasteiger charge is 2.52. The Labute approximate surface area is 207 Å². The van der Waals surface area contributed by atoms with Gasteiger partial charge in [0.2, 0.25) is 12.2 Å². The molecule has 11 nitrogen and oxygen atoms in total. The van der Waals surface area contributed by atoms with Gasteiger partial charge in [0, 0.05) is 6.42 Å². The minimum atomic E-state index is -5.82. The van der Waals surface area contributed by atoms with Crippen LogP contribution in [-0.4, -0.2) is 66.0 Å². The number of alkyl halides is 2. The number of unbranched alkanes of at least 4 members (excludes halogenated alkanes) is 1. The van der Waals surface area contributed by atoms with Gasteiger partial charge in [0.05, 0.1) is 12.8 Å². The molecule has 0 aromatic heterocycles. The number of hydrogen-bond acceptors (Lipinski definition) is 10. The maximum Gasteiger partial charge on any atom is 0.405 e. The zero-order valence-corrected chi connectivity index (χ0v) is 21.0. The van der Waals surface area contributed by atoms with Crippen LogP contribution in [0.5, 0.6) is 0 Å². The summed E-state index contributed by atoms with van der Waals surface area (Å²) in [5.41, 5.74) is -0.601. The van der Waals surface area contributed by atoms with Crippen LogP contribution in [0.4, 0.5) is 8.78 Å². The van der Waals surface area contributed by atoms with Gasteiger partial charge in [0.1, 0.15) is 5.60 Å². The Bertz CT molecular complexity index is 928. The van der Waals surface area contributed by atoms with Crippen LogP contribution in [0.15, 0.2) is 0 Å². The Hall–Kier alpha value is -2.35. The molecule has 3 unspecified atom stereocenters. The molecule has 0 spiro atoms. The topological polar surface area (TPSA) is 160 Å². The van der Waals surface area contributed by atoms with Crippen LogP contribution in [0, 0.1) is 0 Å². The minimum Gasteiger partial charge on any atom is -0.456 e. The van der Waals surface area contributed by atoms with E-state index in [0.29, 0.717) is 13.3 Å². The molecule has 1 heterocycles. The molecule has 36 heavy (non-hydrogen) atoms. The van der Waals surface area contributed by atoms with Gasteiger partial charge in [-0.3, -0.25) is 14.1 Å². The van der Waals surface area contributed by atoms with Gasteiger partial charge in [-0.25, -0.2) is 9.59 Å². The number of ether oxygens (including phenoxy) is 4. The van der Waals surface area contributed by atoms with Gasteiger partial charge in [-0.1, -0.05) is 19.8 Å². The molecule has 1 aliphatic heterocycles. The van der Waals surface area contributed by atoms with Crippen molar-refractivity contribution in [2.75, 3.05) is 0 Å². The van der Waals surface area contributed by atoms with Crippen molar-refractivity contribution in [2.45, 2.75) is 114 Å². The first-order valence-electron chi connectivity index (χ1n) is 11.9. The number of hydrogen-bond donors (Lipinski definition) is 1. The van der Waals surface area contributed by atoms with Gasteiger partial charge in [-0.05, 0) is 45.4 Å². The number of halogens is 2. The lowest BCUT2D eigenvalue weighted by molar-refractivity contribution is -0.178. The molecule has 0 bridgehead atoms. The fourth-order valence-corrected chi connectivity index (χ4v) is 4.60. The van der Waals surface area contributed by atoms with Gasteiger partial charge in [-0.2, -0.15) is 17.2 Å². The van der Waals surface area contributed by atoms with E-state index in [2.05, 4.69) is 4.74 Å². The third-order valence-electron chi connectivity index (χ3n) is 6.21. The van der Waals surface area contributed by atoms with E-state index in [-0.39, 0.29) is 6.42 Å². The lowest BCUT2D eigenvalue weighted by Gasteiger charge is -2.37. The Morgan fingerprint density at radius 2 is 1.78 bits per heavy atom. The van der Waals surface area contributed by atoms with Crippen LogP contribution in [0.1, 0.15) is 84.5 Å². The molecule has 0 radical (unpaired) electrons. The molecule has 2 fully saturated rings. The molecule has 3 atom stereocenters. The molecule has 0 amide bonds. The van der Waals surface area contributed by atoms with Crippen molar-refractivity contribution in [3.63, 3.8) is 0 Å². The molecular weight excluding hydrogens is 510 g/mol. The molecular formula is C22H32F2O11S. The molecule has 2 rings (SSSR count). The summed E-state index contributed by atoms with van der Waals surface area (Å²) in [7, 11) is -5.82. The van der Waals surface area contributed by atoms with Crippen molar-refractivity contribution in [1.29, 1.82) is 0 Å². The van der Waals surface area contributed by atoms with E-state index >= 15 is 0 Å². The lowest BCUT2D eigenvalue weighted by atomic mass is 9.81. The van der Waals surface area contributed by atoms with Crippen LogP contribution < -0.4 is 0 Å². The van der Waals surface area contributed by atoms with E-state index in [0.717, 1.165) is 44.9 Å². The molecule has 1 N–H and O–H groups in total. The second-order valence-corrected chi connectivity index (χ2v) is 10.6. The van der Waals surface area contributed by atoms with Crippen molar-refractivity contribution < 1.29 is 59.9 Å². The maximum atomic E-state index is 13.4. The van der Waals surface area contributed by atoms with Gasteiger partial charge < -0.3 is 18.9 Å². The van der Waals surface area contributed by atoms with Crippen molar-refractivity contribution in [1.82, 2.24) is 0 Å². The van der Waals surface area contributed by atoms with Gasteiger partial charge >= 0.3 is 39.2 Å². The first kappa shape index (κ1) is 29.9. The monoisotopic (exact) mass is 542 g/mol. The van der Waals surface area contributed by atoms with Crippen molar-refractivity contribution in [2.24, 2.45) is 0 Å². The molecule has 1 saturated heterocycles. The summed E-state index contributed by atoms with van der Waals surface area (Å²) in [5, 5.41) is -4.74. The molecule has 206 valence electrons. The van der Waals surface area contributed by atoms with Crippen molar-refractivity contribution in [3.05, 3.63) is 0 Å². The Morgan fingerprint density at radius 3 is 2.36 bits per heavy atom. The fourth-order valence-electron chi connectivity index (χ4n) is 4.13. The summed E-state index contributed by atoms with van der Waals surface area (Å²) < 4.78 is 76.8. The Balaban J connectivity index is 1.84. The van der Waals surface area contributed by atoms with E-state index < -0.39 is 76.0 Å². The highest BCUT2D eigenvalue weighted by atomic mass is 32.2. The quantitative estimate of drug-likeness (QED) is 0.219. The molecule has 0 aromatic carbocycles. The summed E-state index contributed by atoms with van der Waals surface area (Å²) in [4.78, 5) is 48.5. The predicted octanol–water partition coefficient (Wildman–Crippen LogP) is 2.84. The molecule has 2 aliphatic rings. The van der Waals surface area contributed by atoms with Crippen LogP contribution in [0.3, 0.4) is 0 Å². The SMILES string of the molecule is CCCCC1(OC(=O)C2CC(OC(=O)CCC(=O)OC(C)C(F)(F)S(=O)(=O)O)C(=O)O2)CCCCC1. The first-order chi connectivity index (χ1) is 16.7. The number of cyclic esters (lactones) is 1. The fraction of sp³-hybridized carbons (Fsp3) is 0.818. The zero-order valence-electron chi connectivity index (χ0n) is 20.2. The average Bonchev–Trinajstić information content (AvgIpc) is 3.16. The molecule has 0 aromatic rings. The van der Waals surface area contributed by atoms with E-state index in [1.807, 2.05) is 6.92 Å². The third kappa shape index (κ3) is 7.82. The Kier molecular flexibility index (Phi) is 10.2. The number of carbonyl (C=O) groups is 4. The highest BCUT2D eigenvalue weighted by molar-refractivity contribution is 7.86. The second-order valence-electron chi connectivity index (χ2n) is 9.08. The van der Waals surface area contributed by atoms with Crippen LogP contribution in [0.25, 0.3) is 0 Å². The van der Waals surface area contributed by atoms with E-state index in [1.54, 1.807) is 0 Å². The average molecular weight is 543 g/mol. The minimum absolute atomic E-state index is 0.269. The largest absolute Gasteiger partial charge is 0.456 e. The summed E-state index contributed by atoms with van der Waals surface area (Å²) >= 11 is 0. The smallest absolute Gasteiger partial charge is 0.405 e. The number of carbonyl (C=O) groups excluding carboxylic acids is 4. The lowest BCUT2D eigenvalue weighted by Crippen LogP contribution is -2.42. The highest BCUT2D eigenvalue weighted by Crippen LogP contribution is 2.37. The molecule has 14 heteroatoms. The van der Waals surface area contributed by atoms with Crippen LogP contribution in [-0.2, 0) is 48.2 Å². The van der Waals surface area contributed by atoms with Crippen LogP contribution in [0.2, 0.25) is 0 Å². The first-order valence-corrected chi connectivity index (χ1v) is 13.3. The number of esters is 4. The summed E-state index contributed by atoms with van der Waals surface area (Å²) in [6.07, 6.45) is -0.00446. The predicted molar refractivity (Wildman–Crippen MR) is 117 cm³/mol. The van der Waals surface area contributed by atoms with Crippen LogP contribution >= 0.6 is 0 Å². The third-order valence-corrected chi connectivity index (χ3v) is 7.23. The summed E-state index contributed by atoms with van der Waals surface area (Å²) in [5.74, 6) is -4.09. The number of rotatable bonds is 12. The zero-order chi connectivity index (χ0) is 27.1. The van der Waals surface area contributed by atoms with E-state index in [1.165, 1.54) is 0 Å². The summed E-state index contributed by atoms with van der Waals surface area (Å²) in [6, 6.07) is 0. The maximum absolute atomic E-state index is 13.4. The van der Waals surface area contributed by atoms with Gasteiger partial charge in [0.25, 0.3) is 0 Å². The van der Waals surface area contributed by atoms with Gasteiger partial charge in [0.15, 0.2) is 6.10 Å². The molecule has 1 saturated carbocycles. The van der Waals surface area contributed by atoms with E-state index in [4.69, 9.17) is 18.8 Å².